The van der Waals surface area contributed by atoms with Crippen molar-refractivity contribution in [2.45, 2.75) is 25.8 Å². The summed E-state index contributed by atoms with van der Waals surface area (Å²) >= 11 is 0. The third-order valence-corrected chi connectivity index (χ3v) is 4.90. The van der Waals surface area contributed by atoms with E-state index in [9.17, 15) is 14.4 Å². The molecule has 2 aliphatic rings. The number of nitrogens with zero attached hydrogens (tertiary/aromatic N) is 2. The van der Waals surface area contributed by atoms with Gasteiger partial charge in [-0.2, -0.15) is 0 Å². The third kappa shape index (κ3) is 2.23. The van der Waals surface area contributed by atoms with Crippen molar-refractivity contribution in [3.05, 3.63) is 73.6 Å². The number of fused-ring (bicyclic) bond motifs is 1. The molecule has 0 saturated carbocycles. The SMILES string of the molecule is CCCn1c2c(c(=O)n(C)c1=O)C(c1ccccc1)C1=C(COC1=O)N2. The van der Waals surface area contributed by atoms with Crippen LogP contribution >= 0.6 is 0 Å². The molecule has 0 saturated heterocycles. The maximum absolute atomic E-state index is 13.0. The minimum Gasteiger partial charge on any atom is -0.456 e. The van der Waals surface area contributed by atoms with E-state index in [4.69, 9.17) is 4.74 Å². The van der Waals surface area contributed by atoms with E-state index in [1.54, 1.807) is 4.57 Å². The molecule has 1 unspecified atom stereocenters. The average Bonchev–Trinajstić information content (AvgIpc) is 3.03. The third-order valence-electron chi connectivity index (χ3n) is 4.90. The molecule has 0 radical (unpaired) electrons. The van der Waals surface area contributed by atoms with Gasteiger partial charge in [0.2, 0.25) is 0 Å². The molecule has 7 heteroatoms. The van der Waals surface area contributed by atoms with E-state index in [2.05, 4.69) is 5.32 Å². The topological polar surface area (TPSA) is 82.3 Å². The van der Waals surface area contributed by atoms with Crippen LogP contribution in [0.4, 0.5) is 5.82 Å². The Bertz CT molecular complexity index is 1050. The van der Waals surface area contributed by atoms with Gasteiger partial charge in [-0.15, -0.1) is 0 Å². The van der Waals surface area contributed by atoms with Gasteiger partial charge in [0.25, 0.3) is 5.56 Å². The Morgan fingerprint density at radius 2 is 1.92 bits per heavy atom. The number of benzene rings is 1. The van der Waals surface area contributed by atoms with E-state index in [-0.39, 0.29) is 12.3 Å². The van der Waals surface area contributed by atoms with Gasteiger partial charge in [0.1, 0.15) is 12.4 Å². The number of rotatable bonds is 3. The Morgan fingerprint density at radius 1 is 1.19 bits per heavy atom. The predicted molar refractivity (Wildman–Crippen MR) is 96.1 cm³/mol. The maximum Gasteiger partial charge on any atom is 0.337 e. The van der Waals surface area contributed by atoms with Crippen LogP contribution in [0.5, 0.6) is 0 Å². The van der Waals surface area contributed by atoms with Crippen molar-refractivity contribution < 1.29 is 9.53 Å². The lowest BCUT2D eigenvalue weighted by Gasteiger charge is -2.29. The van der Waals surface area contributed by atoms with Gasteiger partial charge in [-0.1, -0.05) is 37.3 Å². The van der Waals surface area contributed by atoms with Crippen LogP contribution in [0.3, 0.4) is 0 Å². The normalized spacial score (nSPS) is 18.2. The van der Waals surface area contributed by atoms with E-state index < -0.39 is 17.4 Å². The zero-order valence-corrected chi connectivity index (χ0v) is 14.6. The zero-order valence-electron chi connectivity index (χ0n) is 14.6. The van der Waals surface area contributed by atoms with Crippen molar-refractivity contribution in [3.63, 3.8) is 0 Å². The number of nitrogens with one attached hydrogen (secondary N) is 1. The van der Waals surface area contributed by atoms with Gasteiger partial charge >= 0.3 is 11.7 Å². The summed E-state index contributed by atoms with van der Waals surface area (Å²) in [5.74, 6) is -0.520. The fourth-order valence-corrected chi connectivity index (χ4v) is 3.70. The standard InChI is InChI=1S/C19H19N3O4/c1-3-9-22-16-15(17(23)21(2)19(22)25)13(11-7-5-4-6-8-11)14-12(20-16)10-26-18(14)24/h4-8,13,20H,3,9-10H2,1-2H3. The number of hydrogen-bond acceptors (Lipinski definition) is 5. The molecule has 0 fully saturated rings. The van der Waals surface area contributed by atoms with Gasteiger partial charge in [-0.3, -0.25) is 13.9 Å². The molecule has 0 spiro atoms. The first-order valence-electron chi connectivity index (χ1n) is 8.60. The summed E-state index contributed by atoms with van der Waals surface area (Å²) in [4.78, 5) is 38.0. The zero-order chi connectivity index (χ0) is 18.4. The number of ether oxygens (including phenoxy) is 1. The van der Waals surface area contributed by atoms with Gasteiger partial charge in [-0.05, 0) is 12.0 Å². The molecule has 1 atom stereocenters. The van der Waals surface area contributed by atoms with Gasteiger partial charge in [0, 0.05) is 13.6 Å². The number of carbonyl (C=O) groups excluding carboxylic acids is 1. The molecule has 0 bridgehead atoms. The molecule has 4 rings (SSSR count). The molecular weight excluding hydrogens is 334 g/mol. The molecule has 2 aliphatic heterocycles. The molecule has 1 N–H and O–H groups in total. The second-order valence-corrected chi connectivity index (χ2v) is 6.50. The van der Waals surface area contributed by atoms with Crippen LogP contribution in [-0.2, 0) is 23.1 Å². The van der Waals surface area contributed by atoms with Gasteiger partial charge in [0.15, 0.2) is 0 Å². The Kier molecular flexibility index (Phi) is 3.79. The highest BCUT2D eigenvalue weighted by atomic mass is 16.5. The largest absolute Gasteiger partial charge is 0.456 e. The molecule has 1 aromatic heterocycles. The predicted octanol–water partition coefficient (Wildman–Crippen LogP) is 1.33. The second-order valence-electron chi connectivity index (χ2n) is 6.50. The summed E-state index contributed by atoms with van der Waals surface area (Å²) < 4.78 is 7.89. The second kappa shape index (κ2) is 6.01. The lowest BCUT2D eigenvalue weighted by molar-refractivity contribution is -0.136. The molecule has 0 aliphatic carbocycles. The molecule has 26 heavy (non-hydrogen) atoms. The van der Waals surface area contributed by atoms with Crippen LogP contribution in [0.2, 0.25) is 0 Å². The van der Waals surface area contributed by atoms with Crippen molar-refractivity contribution in [2.24, 2.45) is 7.05 Å². The molecule has 134 valence electrons. The first-order valence-corrected chi connectivity index (χ1v) is 8.60. The van der Waals surface area contributed by atoms with Gasteiger partial charge in [0.05, 0.1) is 22.8 Å². The minimum absolute atomic E-state index is 0.118. The first-order chi connectivity index (χ1) is 12.5. The van der Waals surface area contributed by atoms with E-state index in [1.165, 1.54) is 7.05 Å². The lowest BCUT2D eigenvalue weighted by Crippen LogP contribution is -2.44. The summed E-state index contributed by atoms with van der Waals surface area (Å²) in [7, 11) is 1.47. The molecule has 2 aromatic rings. The van der Waals surface area contributed by atoms with Crippen molar-refractivity contribution >= 4 is 11.8 Å². The number of anilines is 1. The summed E-state index contributed by atoms with van der Waals surface area (Å²) in [6.45, 7) is 2.56. The van der Waals surface area contributed by atoms with Crippen molar-refractivity contribution in [3.8, 4) is 0 Å². The monoisotopic (exact) mass is 353 g/mol. The van der Waals surface area contributed by atoms with Crippen LogP contribution in [-0.4, -0.2) is 21.7 Å². The fraction of sp³-hybridized carbons (Fsp3) is 0.316. The smallest absolute Gasteiger partial charge is 0.337 e. The van der Waals surface area contributed by atoms with E-state index in [0.29, 0.717) is 29.2 Å². The number of carbonyl (C=O) groups is 1. The Morgan fingerprint density at radius 3 is 2.62 bits per heavy atom. The minimum atomic E-state index is -0.556. The number of hydrogen-bond donors (Lipinski definition) is 1. The summed E-state index contributed by atoms with van der Waals surface area (Å²) in [6.07, 6.45) is 0.740. The number of esters is 1. The van der Waals surface area contributed by atoms with Crippen LogP contribution in [0.1, 0.15) is 30.4 Å². The average molecular weight is 353 g/mol. The highest BCUT2D eigenvalue weighted by Gasteiger charge is 2.41. The van der Waals surface area contributed by atoms with Crippen LogP contribution < -0.4 is 16.6 Å². The Labute approximate surface area is 149 Å². The Hall–Kier alpha value is -3.09. The summed E-state index contributed by atoms with van der Waals surface area (Å²) in [5.41, 5.74) is 1.52. The van der Waals surface area contributed by atoms with Crippen molar-refractivity contribution in [2.75, 3.05) is 11.9 Å². The van der Waals surface area contributed by atoms with Crippen LogP contribution in [0.15, 0.2) is 51.2 Å². The molecule has 7 nitrogen and oxygen atoms in total. The molecule has 3 heterocycles. The molecule has 1 aromatic carbocycles. The van der Waals surface area contributed by atoms with Crippen molar-refractivity contribution in [1.82, 2.24) is 9.13 Å². The molecular formula is C19H19N3O4. The fourth-order valence-electron chi connectivity index (χ4n) is 3.70. The number of aromatic nitrogens is 2. The highest BCUT2D eigenvalue weighted by molar-refractivity contribution is 5.96. The van der Waals surface area contributed by atoms with Crippen molar-refractivity contribution in [1.29, 1.82) is 0 Å². The number of cyclic esters (lactones) is 1. The van der Waals surface area contributed by atoms with E-state index in [0.717, 1.165) is 16.6 Å². The van der Waals surface area contributed by atoms with Crippen LogP contribution in [0.25, 0.3) is 0 Å². The Balaban J connectivity index is 2.08. The molecule has 0 amide bonds. The van der Waals surface area contributed by atoms with E-state index in [1.807, 2.05) is 37.3 Å². The summed E-state index contributed by atoms with van der Waals surface area (Å²) in [6, 6.07) is 9.37. The summed E-state index contributed by atoms with van der Waals surface area (Å²) in [5, 5.41) is 3.13. The quantitative estimate of drug-likeness (QED) is 0.842. The van der Waals surface area contributed by atoms with Gasteiger partial charge < -0.3 is 10.1 Å². The van der Waals surface area contributed by atoms with Crippen LogP contribution in [0, 0.1) is 0 Å². The van der Waals surface area contributed by atoms with Gasteiger partial charge in [-0.25, -0.2) is 9.59 Å². The maximum atomic E-state index is 13.0. The van der Waals surface area contributed by atoms with E-state index >= 15 is 0 Å². The first kappa shape index (κ1) is 16.4. The highest BCUT2D eigenvalue weighted by Crippen LogP contribution is 2.42. The lowest BCUT2D eigenvalue weighted by atomic mass is 9.83.